The molecule has 0 saturated heterocycles. The fourth-order valence-electron chi connectivity index (χ4n) is 3.01. The molecule has 1 amide bonds. The van der Waals surface area contributed by atoms with Crippen LogP contribution in [0.4, 0.5) is 4.39 Å². The highest BCUT2D eigenvalue weighted by atomic mass is 35.5. The number of carbonyl (C=O) groups is 1. The molecule has 0 aliphatic rings. The highest BCUT2D eigenvalue weighted by molar-refractivity contribution is 6.35. The van der Waals surface area contributed by atoms with Crippen molar-refractivity contribution in [2.24, 2.45) is 0 Å². The summed E-state index contributed by atoms with van der Waals surface area (Å²) in [6.45, 7) is 0.515. The Morgan fingerprint density at radius 2 is 1.97 bits per heavy atom. The first-order valence-corrected chi connectivity index (χ1v) is 9.47. The molecule has 29 heavy (non-hydrogen) atoms. The maximum Gasteiger partial charge on any atom is 0.251 e. The SMILES string of the molecule is O=C(NCCCc1nnc[nH]1)c1ccc2c(Cl)cc(-c3ccc(F)cc3)nc2c1. The summed E-state index contributed by atoms with van der Waals surface area (Å²) in [5.41, 5.74) is 2.47. The van der Waals surface area contributed by atoms with Gasteiger partial charge in [0.1, 0.15) is 18.0 Å². The molecule has 4 rings (SSSR count). The van der Waals surface area contributed by atoms with Crippen molar-refractivity contribution in [1.29, 1.82) is 0 Å². The predicted octanol–water partition coefficient (Wildman–Crippen LogP) is 4.18. The first-order chi connectivity index (χ1) is 14.1. The maximum atomic E-state index is 13.2. The molecule has 0 atom stereocenters. The molecule has 2 aromatic heterocycles. The smallest absolute Gasteiger partial charge is 0.251 e. The van der Waals surface area contributed by atoms with Gasteiger partial charge in [0.2, 0.25) is 0 Å². The molecule has 0 aliphatic heterocycles. The van der Waals surface area contributed by atoms with Crippen LogP contribution < -0.4 is 5.32 Å². The number of benzene rings is 2. The topological polar surface area (TPSA) is 83.6 Å². The lowest BCUT2D eigenvalue weighted by Gasteiger charge is -2.09. The Labute approximate surface area is 171 Å². The van der Waals surface area contributed by atoms with Crippen LogP contribution in [-0.4, -0.2) is 32.6 Å². The minimum atomic E-state index is -0.317. The van der Waals surface area contributed by atoms with Gasteiger partial charge in [0, 0.05) is 29.5 Å². The van der Waals surface area contributed by atoms with Crippen LogP contribution in [0.5, 0.6) is 0 Å². The lowest BCUT2D eigenvalue weighted by molar-refractivity contribution is 0.0953. The standard InChI is InChI=1S/C21H17ClFN5O/c22-17-11-18(13-3-6-15(23)7-4-13)27-19-10-14(5-8-16(17)19)21(29)24-9-1-2-20-25-12-26-28-20/h3-8,10-12H,1-2,9H2,(H,24,29)(H,25,26,28). The molecule has 0 aliphatic carbocycles. The monoisotopic (exact) mass is 409 g/mol. The summed E-state index contributed by atoms with van der Waals surface area (Å²) >= 11 is 6.40. The highest BCUT2D eigenvalue weighted by Gasteiger charge is 2.11. The number of aromatic nitrogens is 4. The van der Waals surface area contributed by atoms with E-state index in [1.807, 2.05) is 0 Å². The van der Waals surface area contributed by atoms with Crippen molar-refractivity contribution < 1.29 is 9.18 Å². The summed E-state index contributed by atoms with van der Waals surface area (Å²) in [5.74, 6) is 0.287. The Morgan fingerprint density at radius 3 is 2.72 bits per heavy atom. The number of hydrogen-bond acceptors (Lipinski definition) is 4. The van der Waals surface area contributed by atoms with Gasteiger partial charge >= 0.3 is 0 Å². The van der Waals surface area contributed by atoms with E-state index >= 15 is 0 Å². The summed E-state index contributed by atoms with van der Waals surface area (Å²) in [4.78, 5) is 20.0. The molecule has 6 nitrogen and oxygen atoms in total. The number of halogens is 2. The van der Waals surface area contributed by atoms with Gasteiger partial charge in [-0.15, -0.1) is 10.2 Å². The van der Waals surface area contributed by atoms with Gasteiger partial charge in [-0.2, -0.15) is 0 Å². The Bertz CT molecular complexity index is 1150. The molecular formula is C21H17ClFN5O. The highest BCUT2D eigenvalue weighted by Crippen LogP contribution is 2.28. The summed E-state index contributed by atoms with van der Waals surface area (Å²) in [6, 6.07) is 13.0. The van der Waals surface area contributed by atoms with Crippen molar-refractivity contribution in [3.8, 4) is 11.3 Å². The van der Waals surface area contributed by atoms with E-state index in [0.717, 1.165) is 23.2 Å². The number of fused-ring (bicyclic) bond motifs is 1. The van der Waals surface area contributed by atoms with Gasteiger partial charge in [0.15, 0.2) is 0 Å². The minimum absolute atomic E-state index is 0.186. The molecule has 0 fully saturated rings. The third-order valence-corrected chi connectivity index (χ3v) is 4.82. The molecule has 0 spiro atoms. The molecule has 0 radical (unpaired) electrons. The van der Waals surface area contributed by atoms with Crippen molar-refractivity contribution >= 4 is 28.4 Å². The number of aromatic amines is 1. The molecule has 2 heterocycles. The van der Waals surface area contributed by atoms with Gasteiger partial charge in [-0.25, -0.2) is 9.37 Å². The van der Waals surface area contributed by atoms with Crippen LogP contribution in [0.3, 0.4) is 0 Å². The molecule has 8 heteroatoms. The van der Waals surface area contributed by atoms with Crippen molar-refractivity contribution in [3.63, 3.8) is 0 Å². The van der Waals surface area contributed by atoms with Crippen molar-refractivity contribution in [2.75, 3.05) is 6.54 Å². The van der Waals surface area contributed by atoms with Crippen LogP contribution in [0.2, 0.25) is 5.02 Å². The Hall–Kier alpha value is -3.32. The lowest BCUT2D eigenvalue weighted by Crippen LogP contribution is -2.24. The average molecular weight is 410 g/mol. The Kier molecular flexibility index (Phi) is 5.48. The van der Waals surface area contributed by atoms with Crippen molar-refractivity contribution in [3.05, 3.63) is 77.1 Å². The number of amides is 1. The van der Waals surface area contributed by atoms with Crippen LogP contribution in [0.25, 0.3) is 22.2 Å². The molecule has 0 saturated carbocycles. The van der Waals surface area contributed by atoms with Gasteiger partial charge in [-0.3, -0.25) is 4.79 Å². The molecule has 0 unspecified atom stereocenters. The van der Waals surface area contributed by atoms with E-state index in [9.17, 15) is 9.18 Å². The number of carbonyl (C=O) groups excluding carboxylic acids is 1. The molecule has 146 valence electrons. The van der Waals surface area contributed by atoms with E-state index in [1.165, 1.54) is 18.5 Å². The zero-order valence-corrected chi connectivity index (χ0v) is 16.1. The molecule has 2 N–H and O–H groups in total. The number of rotatable bonds is 6. The molecule has 0 bridgehead atoms. The van der Waals surface area contributed by atoms with Crippen LogP contribution in [0.15, 0.2) is 54.9 Å². The van der Waals surface area contributed by atoms with Gasteiger partial charge in [-0.05, 0) is 48.9 Å². The Balaban J connectivity index is 1.51. The predicted molar refractivity (Wildman–Crippen MR) is 109 cm³/mol. The summed E-state index contributed by atoms with van der Waals surface area (Å²) in [6.07, 6.45) is 2.98. The van der Waals surface area contributed by atoms with E-state index in [0.29, 0.717) is 34.8 Å². The largest absolute Gasteiger partial charge is 0.352 e. The van der Waals surface area contributed by atoms with Gasteiger partial charge in [-0.1, -0.05) is 17.7 Å². The normalized spacial score (nSPS) is 11.0. The van der Waals surface area contributed by atoms with E-state index in [-0.39, 0.29) is 11.7 Å². The minimum Gasteiger partial charge on any atom is -0.352 e. The van der Waals surface area contributed by atoms with E-state index < -0.39 is 0 Å². The van der Waals surface area contributed by atoms with E-state index in [4.69, 9.17) is 11.6 Å². The van der Waals surface area contributed by atoms with E-state index in [1.54, 1.807) is 36.4 Å². The summed E-state index contributed by atoms with van der Waals surface area (Å²) in [5, 5.41) is 11.8. The van der Waals surface area contributed by atoms with Gasteiger partial charge in [0.05, 0.1) is 16.2 Å². The molecule has 2 aromatic carbocycles. The van der Waals surface area contributed by atoms with E-state index in [2.05, 4.69) is 25.5 Å². The number of nitrogens with one attached hydrogen (secondary N) is 2. The lowest BCUT2D eigenvalue weighted by atomic mass is 10.1. The second-order valence-electron chi connectivity index (χ2n) is 6.52. The summed E-state index contributed by atoms with van der Waals surface area (Å²) in [7, 11) is 0. The zero-order chi connectivity index (χ0) is 20.2. The quantitative estimate of drug-likeness (QED) is 0.468. The van der Waals surface area contributed by atoms with Crippen molar-refractivity contribution in [1.82, 2.24) is 25.5 Å². The second kappa shape index (κ2) is 8.36. The van der Waals surface area contributed by atoms with Crippen LogP contribution in [-0.2, 0) is 6.42 Å². The average Bonchev–Trinajstić information content (AvgIpc) is 3.24. The molecular weight excluding hydrogens is 393 g/mol. The number of hydrogen-bond donors (Lipinski definition) is 2. The number of pyridine rings is 1. The number of aryl methyl sites for hydroxylation is 1. The third kappa shape index (κ3) is 4.41. The maximum absolute atomic E-state index is 13.2. The fourth-order valence-corrected chi connectivity index (χ4v) is 3.27. The van der Waals surface area contributed by atoms with Gasteiger partial charge < -0.3 is 10.3 Å². The number of nitrogens with zero attached hydrogens (tertiary/aromatic N) is 3. The van der Waals surface area contributed by atoms with Crippen LogP contribution >= 0.6 is 11.6 Å². The second-order valence-corrected chi connectivity index (χ2v) is 6.93. The van der Waals surface area contributed by atoms with Crippen LogP contribution in [0.1, 0.15) is 22.6 Å². The summed E-state index contributed by atoms with van der Waals surface area (Å²) < 4.78 is 13.2. The molecule has 4 aromatic rings. The third-order valence-electron chi connectivity index (χ3n) is 4.50. The van der Waals surface area contributed by atoms with Crippen molar-refractivity contribution in [2.45, 2.75) is 12.8 Å². The van der Waals surface area contributed by atoms with Gasteiger partial charge in [0.25, 0.3) is 5.91 Å². The first-order valence-electron chi connectivity index (χ1n) is 9.09. The van der Waals surface area contributed by atoms with Crippen LogP contribution in [0, 0.1) is 5.82 Å². The fraction of sp³-hybridized carbons (Fsp3) is 0.143. The number of H-pyrrole nitrogens is 1. The Morgan fingerprint density at radius 1 is 1.14 bits per heavy atom. The zero-order valence-electron chi connectivity index (χ0n) is 15.3. The first kappa shape index (κ1) is 19.0.